The van der Waals surface area contributed by atoms with Crippen LogP contribution < -0.4 is 15.4 Å². The number of fused-ring (bicyclic) bond motifs is 1. The number of Topliss-reactive ketones (excluding diaryl/α,β-unsaturated/α-hetero) is 1. The van der Waals surface area contributed by atoms with Crippen LogP contribution in [0.15, 0.2) is 48.7 Å². The average Bonchev–Trinajstić information content (AvgIpc) is 3.29. The first kappa shape index (κ1) is 32.5. The van der Waals surface area contributed by atoms with E-state index in [-0.39, 0.29) is 5.56 Å². The van der Waals surface area contributed by atoms with Crippen LogP contribution in [0.2, 0.25) is 0 Å². The van der Waals surface area contributed by atoms with E-state index >= 15 is 0 Å². The molecular weight excluding hydrogens is 572 g/mol. The number of rotatable bonds is 11. The molecule has 2 N–H and O–H groups in total. The third kappa shape index (κ3) is 7.93. The lowest BCUT2D eigenvalue weighted by atomic mass is 10.1. The zero-order valence-electron chi connectivity index (χ0n) is 25.6. The number of aryl methyl sites for hydroxylation is 2. The number of nitrogens with one attached hydrogen (secondary N) is 2. The van der Waals surface area contributed by atoms with Gasteiger partial charge in [-0.1, -0.05) is 18.2 Å². The maximum Gasteiger partial charge on any atom is 0.294 e. The van der Waals surface area contributed by atoms with Crippen LogP contribution >= 0.6 is 0 Å². The molecule has 2 aromatic carbocycles. The van der Waals surface area contributed by atoms with Crippen LogP contribution in [0.3, 0.4) is 0 Å². The highest BCUT2D eigenvalue weighted by Gasteiger charge is 2.51. The number of hydrogen-bond acceptors (Lipinski definition) is 6. The van der Waals surface area contributed by atoms with Crippen molar-refractivity contribution in [2.24, 2.45) is 0 Å². The number of alkyl halides is 2. The molecule has 1 aliphatic rings. The Kier molecular flexibility index (Phi) is 9.62. The van der Waals surface area contributed by atoms with Gasteiger partial charge in [-0.15, -0.1) is 0 Å². The number of hydrogen-bond donors (Lipinski definition) is 2. The Hall–Kier alpha value is -4.45. The lowest BCUT2D eigenvalue weighted by molar-refractivity contribution is -0.870. The van der Waals surface area contributed by atoms with Crippen LogP contribution in [0.25, 0.3) is 10.9 Å². The topological polar surface area (TPSA) is 118 Å². The standard InChI is InChI=1S/C32H37F2N5O5/c1-20-8-6-9-21(2)28(20)37-31(43)29(41)26-17-32(33,34)19-38(26)27(40)18-36-30(42)23-12-13-35-25-11-10-22(16-24(23)25)44-15-7-14-39(3,4)5/h6,8-13,16,26H,7,14-15,17-19H2,1-5H3,(H-,36,37,42,43)/p+1/t26-/m0/s1. The molecule has 0 radical (unpaired) electrons. The summed E-state index contributed by atoms with van der Waals surface area (Å²) in [5.74, 6) is -6.60. The van der Waals surface area contributed by atoms with Crippen molar-refractivity contribution in [1.82, 2.24) is 15.2 Å². The quantitative estimate of drug-likeness (QED) is 0.195. The van der Waals surface area contributed by atoms with E-state index in [9.17, 15) is 28.0 Å². The minimum absolute atomic E-state index is 0.215. The van der Waals surface area contributed by atoms with Crippen molar-refractivity contribution < 1.29 is 37.2 Å². The monoisotopic (exact) mass is 610 g/mol. The highest BCUT2D eigenvalue weighted by molar-refractivity contribution is 6.42. The first-order valence-electron chi connectivity index (χ1n) is 14.3. The number of halogens is 2. The van der Waals surface area contributed by atoms with Crippen LogP contribution in [0.5, 0.6) is 5.75 Å². The van der Waals surface area contributed by atoms with Crippen LogP contribution in [0, 0.1) is 13.8 Å². The largest absolute Gasteiger partial charge is 0.493 e. The minimum Gasteiger partial charge on any atom is -0.493 e. The fraction of sp³-hybridized carbons (Fsp3) is 0.406. The van der Waals surface area contributed by atoms with Gasteiger partial charge in [0, 0.05) is 30.1 Å². The predicted molar refractivity (Wildman–Crippen MR) is 162 cm³/mol. The van der Waals surface area contributed by atoms with Crippen LogP contribution in [-0.2, 0) is 14.4 Å². The lowest BCUT2D eigenvalue weighted by Crippen LogP contribution is -2.48. The maximum absolute atomic E-state index is 14.4. The number of para-hydroxylation sites is 1. The molecule has 3 aromatic rings. The van der Waals surface area contributed by atoms with Gasteiger partial charge in [-0.2, -0.15) is 0 Å². The number of carbonyl (C=O) groups is 4. The highest BCUT2D eigenvalue weighted by Crippen LogP contribution is 2.33. The van der Waals surface area contributed by atoms with Gasteiger partial charge in [0.05, 0.1) is 58.5 Å². The fourth-order valence-corrected chi connectivity index (χ4v) is 5.15. The number of nitrogens with zero attached hydrogens (tertiary/aromatic N) is 3. The van der Waals surface area contributed by atoms with Crippen molar-refractivity contribution in [3.63, 3.8) is 0 Å². The smallest absolute Gasteiger partial charge is 0.294 e. The van der Waals surface area contributed by atoms with E-state index in [0.717, 1.165) is 17.4 Å². The Morgan fingerprint density at radius 3 is 2.45 bits per heavy atom. The summed E-state index contributed by atoms with van der Waals surface area (Å²) in [6.07, 6.45) is 1.29. The van der Waals surface area contributed by atoms with Gasteiger partial charge in [-0.05, 0) is 49.2 Å². The van der Waals surface area contributed by atoms with E-state index in [4.69, 9.17) is 4.74 Å². The van der Waals surface area contributed by atoms with E-state index < -0.39 is 55.0 Å². The molecule has 1 aromatic heterocycles. The Balaban J connectivity index is 1.43. The Morgan fingerprint density at radius 1 is 1.07 bits per heavy atom. The Labute approximate surface area is 255 Å². The molecule has 4 rings (SSSR count). The predicted octanol–water partition coefficient (Wildman–Crippen LogP) is 3.50. The molecule has 44 heavy (non-hydrogen) atoms. The minimum atomic E-state index is -3.37. The number of pyridine rings is 1. The van der Waals surface area contributed by atoms with E-state index in [2.05, 4.69) is 36.8 Å². The van der Waals surface area contributed by atoms with Crippen molar-refractivity contribution in [3.05, 3.63) is 65.4 Å². The molecule has 234 valence electrons. The van der Waals surface area contributed by atoms with Gasteiger partial charge in [-0.3, -0.25) is 24.2 Å². The average molecular weight is 611 g/mol. The van der Waals surface area contributed by atoms with Gasteiger partial charge in [0.25, 0.3) is 17.7 Å². The summed E-state index contributed by atoms with van der Waals surface area (Å²) in [7, 11) is 6.28. The summed E-state index contributed by atoms with van der Waals surface area (Å²) in [4.78, 5) is 57.0. The summed E-state index contributed by atoms with van der Waals surface area (Å²) in [6.45, 7) is 3.19. The molecule has 0 unspecified atom stereocenters. The zero-order valence-corrected chi connectivity index (χ0v) is 25.6. The second kappa shape index (κ2) is 13.0. The Bertz CT molecular complexity index is 1570. The summed E-state index contributed by atoms with van der Waals surface area (Å²) >= 11 is 0. The Morgan fingerprint density at radius 2 is 1.77 bits per heavy atom. The third-order valence-corrected chi connectivity index (χ3v) is 7.44. The number of amides is 3. The SMILES string of the molecule is Cc1cccc(C)c1NC(=O)C(=O)[C@@H]1CC(F)(F)CN1C(=O)CNC(=O)c1ccnc2ccc(OCCC[N+](C)(C)C)cc12. The summed E-state index contributed by atoms with van der Waals surface area (Å²) in [5.41, 5.74) is 2.54. The third-order valence-electron chi connectivity index (χ3n) is 7.44. The molecule has 0 spiro atoms. The fourth-order valence-electron chi connectivity index (χ4n) is 5.15. The molecule has 3 amide bonds. The normalized spacial score (nSPS) is 16.1. The molecule has 0 bridgehead atoms. The number of carbonyl (C=O) groups excluding carboxylic acids is 4. The zero-order chi connectivity index (χ0) is 32.2. The van der Waals surface area contributed by atoms with Gasteiger partial charge in [-0.25, -0.2) is 8.78 Å². The lowest BCUT2D eigenvalue weighted by Gasteiger charge is -2.23. The first-order chi connectivity index (χ1) is 20.6. The van der Waals surface area contributed by atoms with Crippen molar-refractivity contribution >= 4 is 40.1 Å². The van der Waals surface area contributed by atoms with Gasteiger partial charge in [0.1, 0.15) is 11.8 Å². The van der Waals surface area contributed by atoms with Crippen LogP contribution in [0.1, 0.15) is 34.3 Å². The summed E-state index contributed by atoms with van der Waals surface area (Å²) in [5, 5.41) is 5.46. The van der Waals surface area contributed by atoms with Crippen LogP contribution in [0.4, 0.5) is 14.5 Å². The highest BCUT2D eigenvalue weighted by atomic mass is 19.3. The van der Waals surface area contributed by atoms with E-state index in [1.165, 1.54) is 12.3 Å². The van der Waals surface area contributed by atoms with E-state index in [1.807, 2.05) is 0 Å². The van der Waals surface area contributed by atoms with E-state index in [1.54, 1.807) is 50.2 Å². The first-order valence-corrected chi connectivity index (χ1v) is 14.3. The number of aromatic nitrogens is 1. The number of quaternary nitrogens is 1. The van der Waals surface area contributed by atoms with Gasteiger partial charge < -0.3 is 24.8 Å². The van der Waals surface area contributed by atoms with Gasteiger partial charge in [0.15, 0.2) is 0 Å². The molecule has 2 heterocycles. The van der Waals surface area contributed by atoms with E-state index in [0.29, 0.717) is 45.0 Å². The summed E-state index contributed by atoms with van der Waals surface area (Å²) < 4.78 is 35.6. The maximum atomic E-state index is 14.4. The molecule has 12 heteroatoms. The number of ether oxygens (including phenoxy) is 1. The molecule has 1 atom stereocenters. The molecule has 1 saturated heterocycles. The number of benzene rings is 2. The molecule has 10 nitrogen and oxygen atoms in total. The van der Waals surface area contributed by atoms with Crippen LogP contribution in [-0.4, -0.2) is 97.2 Å². The number of likely N-dealkylation sites (tertiary alicyclic amines) is 1. The molecule has 0 aliphatic carbocycles. The molecule has 0 saturated carbocycles. The van der Waals surface area contributed by atoms with Crippen molar-refractivity contribution in [3.8, 4) is 5.75 Å². The second-order valence-electron chi connectivity index (χ2n) is 12.1. The van der Waals surface area contributed by atoms with Crippen molar-refractivity contribution in [2.75, 3.05) is 52.7 Å². The van der Waals surface area contributed by atoms with Gasteiger partial charge in [0.2, 0.25) is 11.7 Å². The number of anilines is 1. The molecule has 1 fully saturated rings. The van der Waals surface area contributed by atoms with Crippen molar-refractivity contribution in [2.45, 2.75) is 38.7 Å². The van der Waals surface area contributed by atoms with Gasteiger partial charge >= 0.3 is 0 Å². The molecular formula is C32H38F2N5O5+. The number of ketones is 1. The molecule has 1 aliphatic heterocycles. The summed E-state index contributed by atoms with van der Waals surface area (Å²) in [6, 6.07) is 10.2. The second-order valence-corrected chi connectivity index (χ2v) is 12.1. The van der Waals surface area contributed by atoms with Crippen molar-refractivity contribution in [1.29, 1.82) is 0 Å².